The first-order chi connectivity index (χ1) is 16.3. The van der Waals surface area contributed by atoms with E-state index in [-0.39, 0.29) is 5.41 Å². The second kappa shape index (κ2) is 12.8. The van der Waals surface area contributed by atoms with E-state index >= 15 is 0 Å². The van der Waals surface area contributed by atoms with Crippen LogP contribution in [0.25, 0.3) is 0 Å². The average Bonchev–Trinajstić information content (AvgIpc) is 2.82. The van der Waals surface area contributed by atoms with Crippen LogP contribution < -0.4 is 0 Å². The lowest BCUT2D eigenvalue weighted by Gasteiger charge is -2.40. The van der Waals surface area contributed by atoms with Crippen LogP contribution in [0.1, 0.15) is 146 Å². The van der Waals surface area contributed by atoms with Crippen molar-refractivity contribution in [2.75, 3.05) is 0 Å². The highest BCUT2D eigenvalue weighted by Crippen LogP contribution is 2.47. The summed E-state index contributed by atoms with van der Waals surface area (Å²) in [6.45, 7) is 2.26. The maximum absolute atomic E-state index is 14.4. The van der Waals surface area contributed by atoms with E-state index in [0.29, 0.717) is 5.41 Å². The van der Waals surface area contributed by atoms with Crippen molar-refractivity contribution in [1.29, 1.82) is 0 Å². The minimum atomic E-state index is -4.63. The van der Waals surface area contributed by atoms with E-state index in [1.54, 1.807) is 6.07 Å². The molecule has 34 heavy (non-hydrogen) atoms. The molecule has 0 radical (unpaired) electrons. The Kier molecular flexibility index (Phi) is 10.3. The minimum absolute atomic E-state index is 0.150. The normalized spacial score (nSPS) is 20.4. The summed E-state index contributed by atoms with van der Waals surface area (Å²) in [7, 11) is 0. The van der Waals surface area contributed by atoms with E-state index in [1.165, 1.54) is 96.0 Å². The molecular weight excluding hydrogens is 436 g/mol. The van der Waals surface area contributed by atoms with E-state index in [2.05, 4.69) is 6.92 Å². The highest BCUT2D eigenvalue weighted by Gasteiger charge is 2.38. The molecule has 1 aromatic carbocycles. The number of alkyl halides is 3. The molecule has 0 nitrogen and oxygen atoms in total. The molecule has 194 valence electrons. The van der Waals surface area contributed by atoms with Gasteiger partial charge in [-0.25, -0.2) is 4.39 Å². The van der Waals surface area contributed by atoms with Crippen LogP contribution in [0, 0.1) is 11.2 Å². The molecule has 0 unspecified atom stereocenters. The Bertz CT molecular complexity index is 724. The highest BCUT2D eigenvalue weighted by molar-refractivity contribution is 5.32. The van der Waals surface area contributed by atoms with Crippen molar-refractivity contribution in [3.05, 3.63) is 35.1 Å². The number of unbranched alkanes of at least 4 members (excludes halogenated alkanes) is 5. The summed E-state index contributed by atoms with van der Waals surface area (Å²) in [6.07, 6.45) is 20.1. The number of hydrogen-bond acceptors (Lipinski definition) is 0. The molecule has 0 saturated heterocycles. The molecule has 0 amide bonds. The van der Waals surface area contributed by atoms with Gasteiger partial charge < -0.3 is 0 Å². The van der Waals surface area contributed by atoms with Gasteiger partial charge in [0, 0.05) is 0 Å². The number of benzene rings is 1. The maximum atomic E-state index is 14.4. The van der Waals surface area contributed by atoms with Gasteiger partial charge in [0.15, 0.2) is 0 Å². The third kappa shape index (κ3) is 7.47. The summed E-state index contributed by atoms with van der Waals surface area (Å²) in [4.78, 5) is 0. The van der Waals surface area contributed by atoms with Crippen molar-refractivity contribution < 1.29 is 17.6 Å². The van der Waals surface area contributed by atoms with Gasteiger partial charge in [0.1, 0.15) is 5.82 Å². The summed E-state index contributed by atoms with van der Waals surface area (Å²) >= 11 is 0. The van der Waals surface area contributed by atoms with E-state index in [1.807, 2.05) is 0 Å². The zero-order chi connectivity index (χ0) is 24.5. The van der Waals surface area contributed by atoms with Crippen molar-refractivity contribution in [3.8, 4) is 0 Å². The number of halogens is 4. The van der Waals surface area contributed by atoms with Crippen LogP contribution in [-0.4, -0.2) is 0 Å². The van der Waals surface area contributed by atoms with Crippen LogP contribution in [0.2, 0.25) is 0 Å². The van der Waals surface area contributed by atoms with Gasteiger partial charge in [-0.1, -0.05) is 96.5 Å². The van der Waals surface area contributed by atoms with Gasteiger partial charge >= 0.3 is 6.18 Å². The summed E-state index contributed by atoms with van der Waals surface area (Å²) in [5.41, 5.74) is 0.0229. The van der Waals surface area contributed by atoms with Crippen LogP contribution in [0.4, 0.5) is 17.6 Å². The highest BCUT2D eigenvalue weighted by atomic mass is 19.4. The Balaban J connectivity index is 1.61. The smallest absolute Gasteiger partial charge is 0.206 e. The molecular formula is C30H46F4. The van der Waals surface area contributed by atoms with E-state index in [9.17, 15) is 17.6 Å². The molecule has 1 aromatic rings. The van der Waals surface area contributed by atoms with Gasteiger partial charge in [-0.15, -0.1) is 0 Å². The predicted molar refractivity (Wildman–Crippen MR) is 134 cm³/mol. The first-order valence-electron chi connectivity index (χ1n) is 14.2. The molecule has 0 bridgehead atoms. The molecule has 2 aliphatic rings. The zero-order valence-electron chi connectivity index (χ0n) is 21.4. The molecule has 0 heterocycles. The largest absolute Gasteiger partial charge is 0.419 e. The maximum Gasteiger partial charge on any atom is 0.419 e. The molecule has 2 saturated carbocycles. The van der Waals surface area contributed by atoms with Crippen molar-refractivity contribution in [1.82, 2.24) is 0 Å². The third-order valence-corrected chi connectivity index (χ3v) is 9.03. The minimum Gasteiger partial charge on any atom is -0.206 e. The van der Waals surface area contributed by atoms with Gasteiger partial charge in [-0.05, 0) is 73.5 Å². The summed E-state index contributed by atoms with van der Waals surface area (Å²) in [6, 6.07) is 3.74. The van der Waals surface area contributed by atoms with E-state index in [0.717, 1.165) is 50.2 Å². The Labute approximate surface area is 205 Å². The fraction of sp³-hybridized carbons (Fsp3) is 0.800. The Morgan fingerprint density at radius 1 is 0.706 bits per heavy atom. The molecule has 2 fully saturated rings. The van der Waals surface area contributed by atoms with Gasteiger partial charge in [0.2, 0.25) is 0 Å². The fourth-order valence-corrected chi connectivity index (χ4v) is 6.98. The first kappa shape index (κ1) is 27.5. The number of hydrogen-bond donors (Lipinski definition) is 0. The van der Waals surface area contributed by atoms with Gasteiger partial charge in [0.25, 0.3) is 0 Å². The molecule has 2 aliphatic carbocycles. The van der Waals surface area contributed by atoms with Gasteiger partial charge in [-0.3, -0.25) is 0 Å². The van der Waals surface area contributed by atoms with Crippen LogP contribution in [-0.2, 0) is 11.6 Å². The van der Waals surface area contributed by atoms with Crippen LogP contribution >= 0.6 is 0 Å². The molecule has 0 atom stereocenters. The topological polar surface area (TPSA) is 0 Å². The second-order valence-electron chi connectivity index (χ2n) is 11.5. The van der Waals surface area contributed by atoms with Crippen LogP contribution in [0.5, 0.6) is 0 Å². The summed E-state index contributed by atoms with van der Waals surface area (Å²) < 4.78 is 53.7. The van der Waals surface area contributed by atoms with Crippen LogP contribution in [0.3, 0.4) is 0 Å². The SMILES string of the molecule is CCCCCCCC1(CCCCC2(c3ccc(C(F)(F)F)c(F)c3)CCCCC2)CCCCC1. The Morgan fingerprint density at radius 3 is 1.85 bits per heavy atom. The lowest BCUT2D eigenvalue weighted by atomic mass is 9.65. The lowest BCUT2D eigenvalue weighted by molar-refractivity contribution is -0.140. The van der Waals surface area contributed by atoms with Crippen molar-refractivity contribution in [3.63, 3.8) is 0 Å². The van der Waals surface area contributed by atoms with Crippen molar-refractivity contribution >= 4 is 0 Å². The molecule has 4 heteroatoms. The van der Waals surface area contributed by atoms with Gasteiger partial charge in [-0.2, -0.15) is 13.2 Å². The fourth-order valence-electron chi connectivity index (χ4n) is 6.98. The third-order valence-electron chi connectivity index (χ3n) is 9.03. The van der Waals surface area contributed by atoms with Crippen molar-refractivity contribution in [2.24, 2.45) is 5.41 Å². The Hall–Kier alpha value is -1.06. The quantitative estimate of drug-likeness (QED) is 0.205. The lowest BCUT2D eigenvalue weighted by Crippen LogP contribution is -2.30. The van der Waals surface area contributed by atoms with Crippen molar-refractivity contribution in [2.45, 2.75) is 147 Å². The summed E-state index contributed by atoms with van der Waals surface area (Å²) in [5.74, 6) is -1.11. The van der Waals surface area contributed by atoms with E-state index < -0.39 is 17.6 Å². The first-order valence-corrected chi connectivity index (χ1v) is 14.2. The second-order valence-corrected chi connectivity index (χ2v) is 11.5. The van der Waals surface area contributed by atoms with Gasteiger partial charge in [0.05, 0.1) is 5.56 Å². The summed E-state index contributed by atoms with van der Waals surface area (Å²) in [5, 5.41) is 0. The van der Waals surface area contributed by atoms with E-state index in [4.69, 9.17) is 0 Å². The average molecular weight is 483 g/mol. The molecule has 0 aromatic heterocycles. The monoisotopic (exact) mass is 482 g/mol. The standard InChI is InChI=1S/C30H46F4/c1-2-3-4-5-8-17-28(18-9-6-10-19-28)20-13-14-23-29(21-11-7-12-22-29)25-15-16-26(27(31)24-25)30(32,33)34/h15-16,24H,2-14,17-23H2,1H3. The predicted octanol–water partition coefficient (Wildman–Crippen LogP) is 10.9. The molecule has 0 spiro atoms. The zero-order valence-corrected chi connectivity index (χ0v) is 21.4. The molecule has 3 rings (SSSR count). The molecule has 0 N–H and O–H groups in total. The Morgan fingerprint density at radius 2 is 1.26 bits per heavy atom. The van der Waals surface area contributed by atoms with Crippen LogP contribution in [0.15, 0.2) is 18.2 Å². The number of rotatable bonds is 12. The molecule has 0 aliphatic heterocycles.